The van der Waals surface area contributed by atoms with Gasteiger partial charge < -0.3 is 4.90 Å². The van der Waals surface area contributed by atoms with Gasteiger partial charge in [0, 0.05) is 37.0 Å². The topological polar surface area (TPSA) is 3.24 Å². The Balaban J connectivity index is 1.23. The molecule has 10 rings (SSSR count). The van der Waals surface area contributed by atoms with Crippen LogP contribution in [-0.4, -0.2) is 0 Å². The van der Waals surface area contributed by atoms with Crippen molar-refractivity contribution in [3.63, 3.8) is 0 Å². The number of rotatable bonds is 7. The minimum absolute atomic E-state index is 0.0666. The van der Waals surface area contributed by atoms with Gasteiger partial charge in [0.2, 0.25) is 0 Å². The van der Waals surface area contributed by atoms with Gasteiger partial charge in [0.25, 0.3) is 0 Å². The van der Waals surface area contributed by atoms with Crippen molar-refractivity contribution < 1.29 is 0 Å². The summed E-state index contributed by atoms with van der Waals surface area (Å²) in [5.74, 6) is 0. The van der Waals surface area contributed by atoms with Crippen LogP contribution >= 0.6 is 11.3 Å². The third-order valence-electron chi connectivity index (χ3n) is 11.4. The van der Waals surface area contributed by atoms with Gasteiger partial charge in [-0.15, -0.1) is 11.3 Å². The van der Waals surface area contributed by atoms with Crippen molar-refractivity contribution in [2.75, 3.05) is 4.90 Å². The summed E-state index contributed by atoms with van der Waals surface area (Å²) in [5, 5.41) is 5.09. The van der Waals surface area contributed by atoms with E-state index >= 15 is 0 Å². The predicted octanol–water partition coefficient (Wildman–Crippen LogP) is 16.6. The summed E-state index contributed by atoms with van der Waals surface area (Å²) in [6.07, 6.45) is 0. The molecule has 1 heterocycles. The van der Waals surface area contributed by atoms with E-state index in [4.69, 9.17) is 0 Å². The Bertz CT molecular complexity index is 3090. The normalized spacial score (nSPS) is 11.7. The van der Waals surface area contributed by atoms with Crippen molar-refractivity contribution in [1.82, 2.24) is 0 Å². The number of para-hydroxylation sites is 2. The van der Waals surface area contributed by atoms with E-state index in [1.807, 2.05) is 11.3 Å². The maximum Gasteiger partial charge on any atom is 0.0540 e. The van der Waals surface area contributed by atoms with Crippen LogP contribution in [0.5, 0.6) is 0 Å². The fourth-order valence-corrected chi connectivity index (χ4v) is 9.75. The molecule has 0 atom stereocenters. The number of anilines is 3. The van der Waals surface area contributed by atoms with Crippen molar-refractivity contribution in [2.24, 2.45) is 0 Å². The van der Waals surface area contributed by atoms with Gasteiger partial charge in [-0.05, 0) is 91.5 Å². The average Bonchev–Trinajstić information content (AvgIpc) is 3.66. The smallest absolute Gasteiger partial charge is 0.0540 e. The third kappa shape index (κ3) is 6.36. The minimum atomic E-state index is 0.0666. The Hall–Kier alpha value is -6.74. The molecule has 0 bridgehead atoms. The van der Waals surface area contributed by atoms with E-state index in [2.05, 4.69) is 232 Å². The fraction of sp³-hybridized carbons (Fsp3) is 0.0714. The van der Waals surface area contributed by atoms with Crippen LogP contribution in [0.2, 0.25) is 0 Å². The van der Waals surface area contributed by atoms with E-state index in [1.165, 1.54) is 81.0 Å². The highest BCUT2D eigenvalue weighted by Crippen LogP contribution is 2.48. The summed E-state index contributed by atoms with van der Waals surface area (Å²) in [7, 11) is 0. The molecule has 1 nitrogen and oxygen atoms in total. The number of nitrogens with zero attached hydrogens (tertiary/aromatic N) is 1. The Labute approximate surface area is 345 Å². The minimum Gasteiger partial charge on any atom is -0.309 e. The van der Waals surface area contributed by atoms with Crippen LogP contribution in [0.4, 0.5) is 17.1 Å². The first-order valence-corrected chi connectivity index (χ1v) is 20.9. The second-order valence-corrected chi connectivity index (χ2v) is 17.2. The predicted molar refractivity (Wildman–Crippen MR) is 252 cm³/mol. The van der Waals surface area contributed by atoms with E-state index in [9.17, 15) is 0 Å². The third-order valence-corrected chi connectivity index (χ3v) is 12.6. The van der Waals surface area contributed by atoms with Crippen LogP contribution in [0.15, 0.2) is 206 Å². The molecule has 0 N–H and O–H groups in total. The van der Waals surface area contributed by atoms with Crippen molar-refractivity contribution >= 4 is 59.3 Å². The monoisotopic (exact) mass is 761 g/mol. The lowest BCUT2D eigenvalue weighted by molar-refractivity contribution is 0.590. The highest BCUT2D eigenvalue weighted by atomic mass is 32.1. The molecule has 10 aromatic rings. The Morgan fingerprint density at radius 3 is 1.67 bits per heavy atom. The molecule has 58 heavy (non-hydrogen) atoms. The summed E-state index contributed by atoms with van der Waals surface area (Å²) in [6, 6.07) is 75.8. The lowest BCUT2D eigenvalue weighted by Crippen LogP contribution is -2.13. The van der Waals surface area contributed by atoms with Gasteiger partial charge >= 0.3 is 0 Å². The van der Waals surface area contributed by atoms with Gasteiger partial charge in [-0.3, -0.25) is 0 Å². The van der Waals surface area contributed by atoms with Crippen LogP contribution in [0.1, 0.15) is 26.3 Å². The first-order chi connectivity index (χ1) is 28.4. The Morgan fingerprint density at radius 2 is 0.914 bits per heavy atom. The largest absolute Gasteiger partial charge is 0.309 e. The standard InChI is InChI=1S/C56H43NS/c1-56(2,3)42-35-33-39(34-36-42)44-23-7-10-29-50(44)57(43-22-13-21-41(37-43)46-27-16-32-53-55(46)49-25-9-12-31-52(49)58-53)51-30-11-8-24-47(51)48-28-15-20-40-19-14-26-45(54(40)48)38-17-5-4-6-18-38/h4-37H,1-3H3. The molecule has 0 radical (unpaired) electrons. The fourth-order valence-electron chi connectivity index (χ4n) is 8.62. The van der Waals surface area contributed by atoms with Crippen molar-refractivity contribution in [3.05, 3.63) is 212 Å². The first kappa shape index (κ1) is 35.7. The van der Waals surface area contributed by atoms with Crippen LogP contribution in [-0.2, 0) is 5.41 Å². The van der Waals surface area contributed by atoms with E-state index in [1.54, 1.807) is 0 Å². The zero-order valence-electron chi connectivity index (χ0n) is 33.0. The van der Waals surface area contributed by atoms with Crippen molar-refractivity contribution in [3.8, 4) is 44.5 Å². The van der Waals surface area contributed by atoms with Crippen LogP contribution in [0.25, 0.3) is 75.5 Å². The summed E-state index contributed by atoms with van der Waals surface area (Å²) in [5.41, 5.74) is 14.4. The highest BCUT2D eigenvalue weighted by Gasteiger charge is 2.23. The molecular formula is C56H43NS. The summed E-state index contributed by atoms with van der Waals surface area (Å²) in [6.45, 7) is 6.83. The molecule has 0 aliphatic carbocycles. The van der Waals surface area contributed by atoms with Gasteiger partial charge in [-0.2, -0.15) is 0 Å². The van der Waals surface area contributed by atoms with Gasteiger partial charge in [-0.25, -0.2) is 0 Å². The molecule has 0 fully saturated rings. The van der Waals surface area contributed by atoms with Crippen LogP contribution in [0, 0.1) is 0 Å². The highest BCUT2D eigenvalue weighted by molar-refractivity contribution is 7.25. The molecule has 278 valence electrons. The van der Waals surface area contributed by atoms with Crippen LogP contribution in [0.3, 0.4) is 0 Å². The molecule has 2 heteroatoms. The van der Waals surface area contributed by atoms with Gasteiger partial charge in [-0.1, -0.05) is 191 Å². The maximum absolute atomic E-state index is 2.49. The van der Waals surface area contributed by atoms with Crippen molar-refractivity contribution in [2.45, 2.75) is 26.2 Å². The molecule has 0 amide bonds. The van der Waals surface area contributed by atoms with E-state index in [-0.39, 0.29) is 5.41 Å². The number of hydrogen-bond acceptors (Lipinski definition) is 2. The number of thiophene rings is 1. The SMILES string of the molecule is CC(C)(C)c1ccc(-c2ccccc2N(c2cccc(-c3cccc4sc5ccccc5c34)c2)c2ccccc2-c2cccc3cccc(-c4ccccc4)c23)cc1. The lowest BCUT2D eigenvalue weighted by atomic mass is 9.86. The number of benzene rings is 9. The number of hydrogen-bond donors (Lipinski definition) is 0. The number of fused-ring (bicyclic) bond motifs is 4. The molecule has 9 aromatic carbocycles. The Morgan fingerprint density at radius 1 is 0.379 bits per heavy atom. The van der Waals surface area contributed by atoms with Gasteiger partial charge in [0.15, 0.2) is 0 Å². The maximum atomic E-state index is 2.49. The van der Waals surface area contributed by atoms with E-state index < -0.39 is 0 Å². The molecule has 0 saturated heterocycles. The molecule has 0 spiro atoms. The van der Waals surface area contributed by atoms with Crippen LogP contribution < -0.4 is 4.90 Å². The molecule has 0 aliphatic rings. The summed E-state index contributed by atoms with van der Waals surface area (Å²) < 4.78 is 2.62. The zero-order chi connectivity index (χ0) is 39.2. The molecule has 0 aliphatic heterocycles. The first-order valence-electron chi connectivity index (χ1n) is 20.1. The molecule has 0 unspecified atom stereocenters. The second-order valence-electron chi connectivity index (χ2n) is 16.1. The summed E-state index contributed by atoms with van der Waals surface area (Å²) in [4.78, 5) is 2.49. The molecule has 0 saturated carbocycles. The van der Waals surface area contributed by atoms with Gasteiger partial charge in [0.05, 0.1) is 11.4 Å². The van der Waals surface area contributed by atoms with E-state index in [0.717, 1.165) is 17.1 Å². The van der Waals surface area contributed by atoms with Gasteiger partial charge in [0.1, 0.15) is 0 Å². The Kier molecular flexibility index (Phi) is 9.00. The lowest BCUT2D eigenvalue weighted by Gasteiger charge is -2.31. The second kappa shape index (κ2) is 14.6. The van der Waals surface area contributed by atoms with Crippen molar-refractivity contribution in [1.29, 1.82) is 0 Å². The summed E-state index contributed by atoms with van der Waals surface area (Å²) >= 11 is 1.87. The quantitative estimate of drug-likeness (QED) is 0.156. The van der Waals surface area contributed by atoms with E-state index in [0.29, 0.717) is 0 Å². The molecular weight excluding hydrogens is 719 g/mol. The molecule has 1 aromatic heterocycles. The zero-order valence-corrected chi connectivity index (χ0v) is 33.8. The average molecular weight is 762 g/mol.